The summed E-state index contributed by atoms with van der Waals surface area (Å²) in [6, 6.07) is 5.90. The lowest BCUT2D eigenvalue weighted by molar-refractivity contribution is 0.208. The van der Waals surface area contributed by atoms with Gasteiger partial charge in [0.05, 0.1) is 13.2 Å². The van der Waals surface area contributed by atoms with E-state index in [2.05, 4.69) is 27.5 Å². The minimum atomic E-state index is 0.623. The molecule has 0 radical (unpaired) electrons. The van der Waals surface area contributed by atoms with Crippen LogP contribution in [0, 0.1) is 0 Å². The summed E-state index contributed by atoms with van der Waals surface area (Å²) >= 11 is 6.07. The van der Waals surface area contributed by atoms with Crippen LogP contribution in [0.15, 0.2) is 29.4 Å². The molecule has 2 rings (SSSR count). The minimum Gasteiger partial charge on any atom is -0.383 e. The van der Waals surface area contributed by atoms with E-state index in [-0.39, 0.29) is 0 Å². The third-order valence-electron chi connectivity index (χ3n) is 3.33. The van der Waals surface area contributed by atoms with Gasteiger partial charge in [-0.05, 0) is 37.1 Å². The number of fused-ring (bicyclic) bond motifs is 1. The summed E-state index contributed by atoms with van der Waals surface area (Å²) in [6.45, 7) is 4.96. The highest BCUT2D eigenvalue weighted by Crippen LogP contribution is 2.22. The Labute approximate surface area is 136 Å². The molecule has 1 aromatic carbocycles. The largest absolute Gasteiger partial charge is 0.383 e. The molecule has 0 bridgehead atoms. The topological polar surface area (TPSA) is 61.4 Å². The Hall–Kier alpha value is -1.72. The number of methoxy groups -OCH3 is 1. The fraction of sp³-hybridized carbons (Fsp3) is 0.438. The van der Waals surface area contributed by atoms with Gasteiger partial charge >= 0.3 is 0 Å². The molecule has 0 fully saturated rings. The van der Waals surface area contributed by atoms with Crippen LogP contribution in [0.2, 0.25) is 5.02 Å². The van der Waals surface area contributed by atoms with Crippen LogP contribution in [-0.2, 0) is 11.2 Å². The first-order valence-electron chi connectivity index (χ1n) is 7.51. The first-order chi connectivity index (χ1) is 10.7. The van der Waals surface area contributed by atoms with E-state index in [4.69, 9.17) is 16.3 Å². The highest BCUT2D eigenvalue weighted by atomic mass is 35.5. The minimum absolute atomic E-state index is 0.623. The van der Waals surface area contributed by atoms with Gasteiger partial charge in [0.25, 0.3) is 0 Å². The fourth-order valence-corrected chi connectivity index (χ4v) is 2.44. The molecule has 0 spiro atoms. The van der Waals surface area contributed by atoms with Gasteiger partial charge in [0.1, 0.15) is 0 Å². The van der Waals surface area contributed by atoms with Crippen LogP contribution in [-0.4, -0.2) is 44.3 Å². The summed E-state index contributed by atoms with van der Waals surface area (Å²) in [5.41, 5.74) is 2.36. The van der Waals surface area contributed by atoms with Gasteiger partial charge in [-0.1, -0.05) is 11.6 Å². The van der Waals surface area contributed by atoms with Crippen LogP contribution >= 0.6 is 11.6 Å². The number of rotatable bonds is 7. The van der Waals surface area contributed by atoms with Crippen molar-refractivity contribution >= 4 is 28.5 Å². The molecule has 6 heteroatoms. The Kier molecular flexibility index (Phi) is 6.55. The number of aromatic nitrogens is 1. The maximum atomic E-state index is 6.07. The smallest absolute Gasteiger partial charge is 0.191 e. The van der Waals surface area contributed by atoms with Crippen LogP contribution in [0.5, 0.6) is 0 Å². The van der Waals surface area contributed by atoms with Crippen molar-refractivity contribution in [2.45, 2.75) is 13.3 Å². The van der Waals surface area contributed by atoms with Gasteiger partial charge in [-0.2, -0.15) is 0 Å². The molecule has 3 N–H and O–H groups in total. The molecule has 0 aliphatic heterocycles. The van der Waals surface area contributed by atoms with Crippen molar-refractivity contribution < 1.29 is 4.74 Å². The summed E-state index contributed by atoms with van der Waals surface area (Å²) in [5, 5.41) is 8.49. The van der Waals surface area contributed by atoms with Gasteiger partial charge in [-0.3, -0.25) is 4.99 Å². The van der Waals surface area contributed by atoms with Crippen molar-refractivity contribution in [1.82, 2.24) is 15.6 Å². The third kappa shape index (κ3) is 4.64. The van der Waals surface area contributed by atoms with Gasteiger partial charge in [0, 0.05) is 42.3 Å². The van der Waals surface area contributed by atoms with E-state index in [9.17, 15) is 0 Å². The number of halogens is 1. The highest BCUT2D eigenvalue weighted by Gasteiger charge is 2.05. The molecule has 0 aliphatic rings. The summed E-state index contributed by atoms with van der Waals surface area (Å²) in [5.74, 6) is 0.817. The molecule has 0 aliphatic carbocycles. The maximum Gasteiger partial charge on any atom is 0.191 e. The van der Waals surface area contributed by atoms with E-state index < -0.39 is 0 Å². The average molecular weight is 323 g/mol. The predicted octanol–water partition coefficient (Wildman–Crippen LogP) is 2.57. The molecule has 22 heavy (non-hydrogen) atoms. The number of aliphatic imine (C=N–C) groups is 1. The second kappa shape index (κ2) is 8.66. The zero-order chi connectivity index (χ0) is 15.8. The molecule has 5 nitrogen and oxygen atoms in total. The lowest BCUT2D eigenvalue weighted by Crippen LogP contribution is -2.38. The molecule has 1 aromatic heterocycles. The Morgan fingerprint density at radius 3 is 3.00 bits per heavy atom. The van der Waals surface area contributed by atoms with Gasteiger partial charge in [-0.25, -0.2) is 0 Å². The molecule has 120 valence electrons. The molecule has 0 saturated carbocycles. The molecule has 0 saturated heterocycles. The zero-order valence-electron chi connectivity index (χ0n) is 13.1. The zero-order valence-corrected chi connectivity index (χ0v) is 13.8. The Morgan fingerprint density at radius 2 is 2.23 bits per heavy atom. The highest BCUT2D eigenvalue weighted by molar-refractivity contribution is 6.31. The van der Waals surface area contributed by atoms with Crippen LogP contribution in [0.25, 0.3) is 10.9 Å². The van der Waals surface area contributed by atoms with Crippen molar-refractivity contribution in [3.05, 3.63) is 35.0 Å². The second-order valence-corrected chi connectivity index (χ2v) is 5.37. The quantitative estimate of drug-likeness (QED) is 0.417. The number of ether oxygens (including phenoxy) is 1. The van der Waals surface area contributed by atoms with Crippen LogP contribution in [0.1, 0.15) is 12.5 Å². The average Bonchev–Trinajstić information content (AvgIpc) is 2.90. The lowest BCUT2D eigenvalue weighted by Gasteiger charge is -2.11. The Morgan fingerprint density at radius 1 is 1.36 bits per heavy atom. The van der Waals surface area contributed by atoms with Gasteiger partial charge < -0.3 is 20.4 Å². The summed E-state index contributed by atoms with van der Waals surface area (Å²) < 4.78 is 5.01. The van der Waals surface area contributed by atoms with Crippen molar-refractivity contribution in [2.24, 2.45) is 4.99 Å². The van der Waals surface area contributed by atoms with Crippen LogP contribution < -0.4 is 10.6 Å². The number of aromatic amines is 1. The van der Waals surface area contributed by atoms with E-state index in [1.807, 2.05) is 24.4 Å². The number of hydrogen-bond donors (Lipinski definition) is 3. The number of H-pyrrole nitrogens is 1. The van der Waals surface area contributed by atoms with E-state index in [0.717, 1.165) is 36.0 Å². The fourth-order valence-electron chi connectivity index (χ4n) is 2.26. The van der Waals surface area contributed by atoms with Crippen molar-refractivity contribution in [3.63, 3.8) is 0 Å². The SMILES string of the molecule is CCNC(=NCCOC)NCCc1c[nH]c2ccc(Cl)cc12. The van der Waals surface area contributed by atoms with Crippen LogP contribution in [0.4, 0.5) is 0 Å². The summed E-state index contributed by atoms with van der Waals surface area (Å²) in [7, 11) is 1.68. The predicted molar refractivity (Wildman–Crippen MR) is 92.9 cm³/mol. The number of guanidine groups is 1. The van der Waals surface area contributed by atoms with E-state index in [1.165, 1.54) is 10.9 Å². The monoisotopic (exact) mass is 322 g/mol. The first kappa shape index (κ1) is 16.6. The number of hydrogen-bond acceptors (Lipinski definition) is 2. The number of nitrogens with one attached hydrogen (secondary N) is 3. The van der Waals surface area contributed by atoms with Crippen molar-refractivity contribution in [3.8, 4) is 0 Å². The van der Waals surface area contributed by atoms with Gasteiger partial charge in [0.2, 0.25) is 0 Å². The normalized spacial score (nSPS) is 11.9. The number of nitrogens with zero attached hydrogens (tertiary/aromatic N) is 1. The maximum absolute atomic E-state index is 6.07. The lowest BCUT2D eigenvalue weighted by atomic mass is 10.1. The van der Waals surface area contributed by atoms with Gasteiger partial charge in [0.15, 0.2) is 5.96 Å². The summed E-state index contributed by atoms with van der Waals surface area (Å²) in [6.07, 6.45) is 2.94. The molecule has 2 aromatic rings. The van der Waals surface area contributed by atoms with Crippen molar-refractivity contribution in [1.29, 1.82) is 0 Å². The van der Waals surface area contributed by atoms with E-state index in [0.29, 0.717) is 13.2 Å². The Balaban J connectivity index is 1.93. The van der Waals surface area contributed by atoms with Crippen LogP contribution in [0.3, 0.4) is 0 Å². The molecule has 0 amide bonds. The molecule has 0 unspecified atom stereocenters. The molecular weight excluding hydrogens is 300 g/mol. The molecule has 1 heterocycles. The van der Waals surface area contributed by atoms with E-state index >= 15 is 0 Å². The second-order valence-electron chi connectivity index (χ2n) is 4.93. The Bertz CT molecular complexity index is 624. The first-order valence-corrected chi connectivity index (χ1v) is 7.89. The van der Waals surface area contributed by atoms with E-state index in [1.54, 1.807) is 7.11 Å². The standard InChI is InChI=1S/C16H23ClN4O/c1-3-18-16(20-8-9-22-2)19-7-6-12-11-21-15-5-4-13(17)10-14(12)15/h4-5,10-11,21H,3,6-9H2,1-2H3,(H2,18,19,20). The number of benzene rings is 1. The third-order valence-corrected chi connectivity index (χ3v) is 3.56. The summed E-state index contributed by atoms with van der Waals surface area (Å²) in [4.78, 5) is 7.71. The molecular formula is C16H23ClN4O. The van der Waals surface area contributed by atoms with Gasteiger partial charge in [-0.15, -0.1) is 0 Å². The van der Waals surface area contributed by atoms with Crippen molar-refractivity contribution in [2.75, 3.05) is 33.4 Å². The molecule has 0 atom stereocenters.